The molecule has 122 valence electrons. The summed E-state index contributed by atoms with van der Waals surface area (Å²) >= 11 is 0. The number of halogens is 1. The van der Waals surface area contributed by atoms with Crippen molar-refractivity contribution in [3.8, 4) is 5.75 Å². The first-order chi connectivity index (χ1) is 10.9. The molecule has 0 radical (unpaired) electrons. The van der Waals surface area contributed by atoms with E-state index in [9.17, 15) is 9.18 Å². The Kier molecular flexibility index (Phi) is 5.37. The Balaban J connectivity index is 2.01. The summed E-state index contributed by atoms with van der Waals surface area (Å²) in [7, 11) is 0. The van der Waals surface area contributed by atoms with Crippen LogP contribution in [0.4, 0.5) is 10.1 Å². The molecular formula is C19H22FNO2. The number of carbonyl (C=O) groups excluding carboxylic acids is 1. The van der Waals surface area contributed by atoms with Crippen molar-refractivity contribution in [3.05, 3.63) is 58.9 Å². The minimum absolute atomic E-state index is 0.112. The Morgan fingerprint density at radius 3 is 2.57 bits per heavy atom. The van der Waals surface area contributed by atoms with Crippen LogP contribution in [0.15, 0.2) is 36.4 Å². The highest BCUT2D eigenvalue weighted by Gasteiger charge is 2.11. The van der Waals surface area contributed by atoms with Gasteiger partial charge in [-0.1, -0.05) is 32.0 Å². The second-order valence-corrected chi connectivity index (χ2v) is 6.00. The van der Waals surface area contributed by atoms with E-state index in [1.807, 2.05) is 25.1 Å². The average molecular weight is 315 g/mol. The van der Waals surface area contributed by atoms with Gasteiger partial charge in [0.15, 0.2) is 6.61 Å². The summed E-state index contributed by atoms with van der Waals surface area (Å²) in [6.45, 7) is 7.69. The molecule has 0 fully saturated rings. The number of ether oxygens (including phenoxy) is 1. The number of benzene rings is 2. The van der Waals surface area contributed by atoms with Gasteiger partial charge in [-0.2, -0.15) is 0 Å². The van der Waals surface area contributed by atoms with Crippen LogP contribution in [-0.2, 0) is 4.79 Å². The van der Waals surface area contributed by atoms with Crippen molar-refractivity contribution in [3.63, 3.8) is 0 Å². The van der Waals surface area contributed by atoms with Gasteiger partial charge in [0.1, 0.15) is 11.6 Å². The van der Waals surface area contributed by atoms with Crippen molar-refractivity contribution in [1.82, 2.24) is 0 Å². The lowest BCUT2D eigenvalue weighted by Gasteiger charge is -2.15. The summed E-state index contributed by atoms with van der Waals surface area (Å²) in [5.41, 5.74) is 3.10. The minimum Gasteiger partial charge on any atom is -0.483 e. The highest BCUT2D eigenvalue weighted by molar-refractivity contribution is 5.91. The van der Waals surface area contributed by atoms with E-state index in [1.54, 1.807) is 19.1 Å². The van der Waals surface area contributed by atoms with Crippen molar-refractivity contribution in [1.29, 1.82) is 0 Å². The van der Waals surface area contributed by atoms with Gasteiger partial charge in [-0.15, -0.1) is 0 Å². The fourth-order valence-corrected chi connectivity index (χ4v) is 2.25. The maximum absolute atomic E-state index is 13.5. The van der Waals surface area contributed by atoms with E-state index >= 15 is 0 Å². The lowest BCUT2D eigenvalue weighted by molar-refractivity contribution is -0.118. The zero-order valence-corrected chi connectivity index (χ0v) is 13.9. The van der Waals surface area contributed by atoms with Gasteiger partial charge in [-0.25, -0.2) is 4.39 Å². The van der Waals surface area contributed by atoms with Gasteiger partial charge >= 0.3 is 0 Å². The quantitative estimate of drug-likeness (QED) is 0.877. The number of carbonyl (C=O) groups is 1. The second kappa shape index (κ2) is 7.27. The molecule has 0 aliphatic carbocycles. The molecule has 0 saturated heterocycles. The molecule has 0 spiro atoms. The Bertz CT molecular complexity index is 711. The first-order valence-corrected chi connectivity index (χ1v) is 7.66. The molecule has 0 bridgehead atoms. The smallest absolute Gasteiger partial charge is 0.262 e. The van der Waals surface area contributed by atoms with E-state index in [2.05, 4.69) is 19.2 Å². The predicted octanol–water partition coefficient (Wildman–Crippen LogP) is 4.58. The number of hydrogen-bond donors (Lipinski definition) is 1. The molecule has 0 aliphatic rings. The standard InChI is InChI=1S/C19H22FNO2/c1-12(2)16-8-5-13(3)9-18(16)23-11-19(22)21-15-7-6-14(4)17(20)10-15/h5-10,12H,11H2,1-4H3,(H,21,22). The van der Waals surface area contributed by atoms with Crippen LogP contribution in [0.5, 0.6) is 5.75 Å². The SMILES string of the molecule is Cc1ccc(C(C)C)c(OCC(=O)Nc2ccc(C)c(F)c2)c1. The molecule has 0 saturated carbocycles. The van der Waals surface area contributed by atoms with Gasteiger partial charge in [0.05, 0.1) is 0 Å². The minimum atomic E-state index is -0.343. The number of amides is 1. The molecule has 1 N–H and O–H groups in total. The summed E-state index contributed by atoms with van der Waals surface area (Å²) in [6, 6.07) is 10.6. The lowest BCUT2D eigenvalue weighted by atomic mass is 10.0. The predicted molar refractivity (Wildman–Crippen MR) is 90.5 cm³/mol. The van der Waals surface area contributed by atoms with Crippen LogP contribution in [0, 0.1) is 19.7 Å². The fourth-order valence-electron chi connectivity index (χ4n) is 2.25. The van der Waals surface area contributed by atoms with Crippen LogP contribution in [0.25, 0.3) is 0 Å². The van der Waals surface area contributed by atoms with E-state index in [0.29, 0.717) is 22.9 Å². The lowest BCUT2D eigenvalue weighted by Crippen LogP contribution is -2.20. The second-order valence-electron chi connectivity index (χ2n) is 6.00. The van der Waals surface area contributed by atoms with E-state index in [-0.39, 0.29) is 18.3 Å². The molecular weight excluding hydrogens is 293 g/mol. The zero-order chi connectivity index (χ0) is 17.0. The van der Waals surface area contributed by atoms with Gasteiger partial charge in [0.2, 0.25) is 0 Å². The zero-order valence-electron chi connectivity index (χ0n) is 13.9. The molecule has 3 nitrogen and oxygen atoms in total. The van der Waals surface area contributed by atoms with E-state index < -0.39 is 0 Å². The normalized spacial score (nSPS) is 10.7. The molecule has 2 rings (SSSR count). The van der Waals surface area contributed by atoms with E-state index in [4.69, 9.17) is 4.74 Å². The van der Waals surface area contributed by atoms with Crippen LogP contribution in [0.3, 0.4) is 0 Å². The first-order valence-electron chi connectivity index (χ1n) is 7.66. The number of anilines is 1. The highest BCUT2D eigenvalue weighted by Crippen LogP contribution is 2.27. The highest BCUT2D eigenvalue weighted by atomic mass is 19.1. The van der Waals surface area contributed by atoms with Crippen LogP contribution < -0.4 is 10.1 Å². The maximum atomic E-state index is 13.5. The van der Waals surface area contributed by atoms with Crippen molar-refractivity contribution in [2.75, 3.05) is 11.9 Å². The molecule has 0 unspecified atom stereocenters. The molecule has 4 heteroatoms. The molecule has 2 aromatic carbocycles. The third kappa shape index (κ3) is 4.55. The fraction of sp³-hybridized carbons (Fsp3) is 0.316. The van der Waals surface area contributed by atoms with Crippen LogP contribution in [0.2, 0.25) is 0 Å². The molecule has 0 aromatic heterocycles. The summed E-state index contributed by atoms with van der Waals surface area (Å²) < 4.78 is 19.1. The van der Waals surface area contributed by atoms with E-state index in [0.717, 1.165) is 11.1 Å². The Morgan fingerprint density at radius 2 is 1.91 bits per heavy atom. The van der Waals surface area contributed by atoms with E-state index in [1.165, 1.54) is 6.07 Å². The van der Waals surface area contributed by atoms with Gasteiger partial charge in [0.25, 0.3) is 5.91 Å². The number of rotatable bonds is 5. The topological polar surface area (TPSA) is 38.3 Å². The Morgan fingerprint density at radius 1 is 1.17 bits per heavy atom. The Labute approximate surface area is 136 Å². The van der Waals surface area contributed by atoms with Gasteiger partial charge in [-0.05, 0) is 54.7 Å². The summed E-state index contributed by atoms with van der Waals surface area (Å²) in [5.74, 6) is 0.360. The average Bonchev–Trinajstić information content (AvgIpc) is 2.48. The molecule has 2 aromatic rings. The maximum Gasteiger partial charge on any atom is 0.262 e. The largest absolute Gasteiger partial charge is 0.483 e. The first kappa shape index (κ1) is 17.0. The summed E-state index contributed by atoms with van der Waals surface area (Å²) in [6.07, 6.45) is 0. The number of hydrogen-bond acceptors (Lipinski definition) is 2. The molecule has 0 atom stereocenters. The van der Waals surface area contributed by atoms with Crippen molar-refractivity contribution < 1.29 is 13.9 Å². The van der Waals surface area contributed by atoms with Gasteiger partial charge in [-0.3, -0.25) is 4.79 Å². The van der Waals surface area contributed by atoms with Crippen LogP contribution >= 0.6 is 0 Å². The molecule has 0 heterocycles. The van der Waals surface area contributed by atoms with Gasteiger partial charge < -0.3 is 10.1 Å². The monoisotopic (exact) mass is 315 g/mol. The van der Waals surface area contributed by atoms with Crippen molar-refractivity contribution >= 4 is 11.6 Å². The molecule has 23 heavy (non-hydrogen) atoms. The van der Waals surface area contributed by atoms with Crippen molar-refractivity contribution in [2.45, 2.75) is 33.6 Å². The Hall–Kier alpha value is -2.36. The van der Waals surface area contributed by atoms with Crippen molar-refractivity contribution in [2.24, 2.45) is 0 Å². The van der Waals surface area contributed by atoms with Crippen LogP contribution in [0.1, 0.15) is 36.5 Å². The van der Waals surface area contributed by atoms with Gasteiger partial charge in [0, 0.05) is 5.69 Å². The molecule has 0 aliphatic heterocycles. The number of aryl methyl sites for hydroxylation is 2. The summed E-state index contributed by atoms with van der Waals surface area (Å²) in [5, 5.41) is 2.64. The summed E-state index contributed by atoms with van der Waals surface area (Å²) in [4.78, 5) is 12.0. The van der Waals surface area contributed by atoms with Crippen LogP contribution in [-0.4, -0.2) is 12.5 Å². The third-order valence-electron chi connectivity index (χ3n) is 3.61. The number of nitrogens with one attached hydrogen (secondary N) is 1. The molecule has 1 amide bonds. The third-order valence-corrected chi connectivity index (χ3v) is 3.61.